The molecule has 0 unspecified atom stereocenters. The molecule has 0 N–H and O–H groups in total. The van der Waals surface area contributed by atoms with Gasteiger partial charge in [0.1, 0.15) is 0 Å². The second-order valence-electron chi connectivity index (χ2n) is 1.79. The fraction of sp³-hybridized carbons (Fsp3) is 0.857. The highest BCUT2D eigenvalue weighted by atomic mass is 16.7. The van der Waals surface area contributed by atoms with Crippen LogP contribution < -0.4 is 0 Å². The molecule has 1 heterocycles. The molecule has 0 atom stereocenters. The Bertz CT molecular complexity index is 79.7. The highest BCUT2D eigenvalue weighted by Gasteiger charge is 2.05. The average Bonchev–Trinajstić information content (AvgIpc) is 2.10. The summed E-state index contributed by atoms with van der Waals surface area (Å²) in [7, 11) is 0. The van der Waals surface area contributed by atoms with Crippen LogP contribution in [0.2, 0.25) is 0 Å². The predicted molar refractivity (Wildman–Crippen MR) is 39.3 cm³/mol. The van der Waals surface area contributed by atoms with Crippen LogP contribution in [0.5, 0.6) is 0 Å². The number of hydrogen-bond donors (Lipinski definition) is 0. The Balaban J connectivity index is 0.000000371. The van der Waals surface area contributed by atoms with E-state index in [1.807, 2.05) is 13.8 Å². The second-order valence-corrected chi connectivity index (χ2v) is 1.79. The number of hydrogen-bond acceptors (Lipinski definition) is 2. The molecule has 1 rings (SSSR count). The molecule has 3 nitrogen and oxygen atoms in total. The molecule has 10 heavy (non-hydrogen) atoms. The normalized spacial score (nSPS) is 17.2. The van der Waals surface area contributed by atoms with Crippen molar-refractivity contribution in [2.24, 2.45) is 0 Å². The van der Waals surface area contributed by atoms with Crippen LogP contribution in [-0.4, -0.2) is 24.6 Å². The van der Waals surface area contributed by atoms with E-state index in [0.29, 0.717) is 6.61 Å². The van der Waals surface area contributed by atoms with Gasteiger partial charge in [0.25, 0.3) is 0 Å². The van der Waals surface area contributed by atoms with E-state index >= 15 is 0 Å². The van der Waals surface area contributed by atoms with E-state index in [1.54, 1.807) is 0 Å². The maximum absolute atomic E-state index is 9.96. The van der Waals surface area contributed by atoms with E-state index in [9.17, 15) is 4.79 Å². The van der Waals surface area contributed by atoms with Crippen LogP contribution in [0.4, 0.5) is 0 Å². The fourth-order valence-corrected chi connectivity index (χ4v) is 0.699. The van der Waals surface area contributed by atoms with Crippen molar-refractivity contribution >= 4 is 6.41 Å². The first-order valence-corrected chi connectivity index (χ1v) is 3.78. The summed E-state index contributed by atoms with van der Waals surface area (Å²) in [5, 5.41) is 1.34. The number of carbonyl (C=O) groups is 1. The summed E-state index contributed by atoms with van der Waals surface area (Å²) in [5.74, 6) is 0. The van der Waals surface area contributed by atoms with E-state index in [0.717, 1.165) is 25.8 Å². The van der Waals surface area contributed by atoms with Crippen LogP contribution in [0.3, 0.4) is 0 Å². The van der Waals surface area contributed by atoms with Gasteiger partial charge in [-0.25, -0.2) is 5.06 Å². The van der Waals surface area contributed by atoms with E-state index in [1.165, 1.54) is 5.06 Å². The first-order chi connectivity index (χ1) is 4.93. The molecule has 0 spiro atoms. The minimum absolute atomic E-state index is 0.693. The maximum Gasteiger partial charge on any atom is 0.233 e. The van der Waals surface area contributed by atoms with Gasteiger partial charge in [0.15, 0.2) is 0 Å². The van der Waals surface area contributed by atoms with Crippen molar-refractivity contribution in [1.82, 2.24) is 5.06 Å². The second kappa shape index (κ2) is 6.55. The zero-order valence-corrected chi connectivity index (χ0v) is 6.67. The Morgan fingerprint density at radius 3 is 2.40 bits per heavy atom. The van der Waals surface area contributed by atoms with Crippen LogP contribution in [0.15, 0.2) is 0 Å². The third-order valence-electron chi connectivity index (χ3n) is 1.15. The molecule has 0 bridgehead atoms. The van der Waals surface area contributed by atoms with Crippen molar-refractivity contribution in [3.05, 3.63) is 0 Å². The average molecular weight is 145 g/mol. The molecule has 0 saturated carbocycles. The van der Waals surface area contributed by atoms with E-state index < -0.39 is 0 Å². The van der Waals surface area contributed by atoms with Crippen molar-refractivity contribution in [1.29, 1.82) is 0 Å². The zero-order valence-electron chi connectivity index (χ0n) is 6.67. The summed E-state index contributed by atoms with van der Waals surface area (Å²) in [6, 6.07) is 0. The van der Waals surface area contributed by atoms with Crippen LogP contribution >= 0.6 is 0 Å². The van der Waals surface area contributed by atoms with Crippen molar-refractivity contribution in [3.8, 4) is 0 Å². The third kappa shape index (κ3) is 3.45. The van der Waals surface area contributed by atoms with E-state index in [-0.39, 0.29) is 0 Å². The molecule has 0 aromatic carbocycles. The van der Waals surface area contributed by atoms with Gasteiger partial charge in [0.05, 0.1) is 6.61 Å². The Hall–Kier alpha value is -0.570. The monoisotopic (exact) mass is 145 g/mol. The lowest BCUT2D eigenvalue weighted by molar-refractivity contribution is -0.182. The van der Waals surface area contributed by atoms with Gasteiger partial charge in [-0.1, -0.05) is 13.8 Å². The van der Waals surface area contributed by atoms with Crippen molar-refractivity contribution in [2.75, 3.05) is 13.2 Å². The van der Waals surface area contributed by atoms with Crippen LogP contribution in [0.25, 0.3) is 0 Å². The number of nitrogens with zero attached hydrogens (tertiary/aromatic N) is 1. The molecule has 60 valence electrons. The summed E-state index contributed by atoms with van der Waals surface area (Å²) >= 11 is 0. The Kier molecular flexibility index (Phi) is 6.18. The summed E-state index contributed by atoms with van der Waals surface area (Å²) in [6.07, 6.45) is 2.86. The number of rotatable bonds is 1. The Morgan fingerprint density at radius 2 is 2.10 bits per heavy atom. The SMILES string of the molecule is CC.O=CN1CCCCO1. The minimum Gasteiger partial charge on any atom is -0.276 e. The van der Waals surface area contributed by atoms with E-state index in [2.05, 4.69) is 0 Å². The van der Waals surface area contributed by atoms with E-state index in [4.69, 9.17) is 4.84 Å². The highest BCUT2D eigenvalue weighted by Crippen LogP contribution is 2.01. The molecule has 0 aromatic heterocycles. The summed E-state index contributed by atoms with van der Waals surface area (Å²) in [5.41, 5.74) is 0. The molecular weight excluding hydrogens is 130 g/mol. The first-order valence-electron chi connectivity index (χ1n) is 3.78. The summed E-state index contributed by atoms with van der Waals surface area (Å²) < 4.78 is 0. The molecule has 1 fully saturated rings. The molecule has 1 aliphatic rings. The highest BCUT2D eigenvalue weighted by molar-refractivity contribution is 5.44. The van der Waals surface area contributed by atoms with Gasteiger partial charge in [-0.05, 0) is 12.8 Å². The first kappa shape index (κ1) is 9.43. The maximum atomic E-state index is 9.96. The number of hydroxylamine groups is 2. The van der Waals surface area contributed by atoms with Gasteiger partial charge in [-0.2, -0.15) is 0 Å². The van der Waals surface area contributed by atoms with Crippen LogP contribution in [0, 0.1) is 0 Å². The predicted octanol–water partition coefficient (Wildman–Crippen LogP) is 1.20. The quantitative estimate of drug-likeness (QED) is 0.519. The van der Waals surface area contributed by atoms with Crippen LogP contribution in [-0.2, 0) is 9.63 Å². The lowest BCUT2D eigenvalue weighted by Gasteiger charge is -2.20. The molecule has 1 aliphatic heterocycles. The lowest BCUT2D eigenvalue weighted by atomic mass is 10.3. The lowest BCUT2D eigenvalue weighted by Crippen LogP contribution is -2.28. The molecule has 1 amide bonds. The Labute approximate surface area is 61.9 Å². The molecule has 0 aliphatic carbocycles. The van der Waals surface area contributed by atoms with Gasteiger partial charge >= 0.3 is 0 Å². The molecular formula is C7H15NO2. The molecule has 1 saturated heterocycles. The molecule has 3 heteroatoms. The van der Waals surface area contributed by atoms with Crippen molar-refractivity contribution in [2.45, 2.75) is 26.7 Å². The molecule has 0 aromatic rings. The van der Waals surface area contributed by atoms with Gasteiger partial charge in [-0.3, -0.25) is 9.63 Å². The van der Waals surface area contributed by atoms with Crippen molar-refractivity contribution < 1.29 is 9.63 Å². The fourth-order valence-electron chi connectivity index (χ4n) is 0.699. The van der Waals surface area contributed by atoms with Gasteiger partial charge in [0, 0.05) is 6.54 Å². The standard InChI is InChI=1S/C5H9NO2.C2H6/c7-5-6-3-1-2-4-8-6;1-2/h5H,1-4H2;1-2H3. The van der Waals surface area contributed by atoms with Gasteiger partial charge < -0.3 is 0 Å². The summed E-state index contributed by atoms with van der Waals surface area (Å²) in [6.45, 7) is 5.45. The number of amides is 1. The largest absolute Gasteiger partial charge is 0.276 e. The number of carbonyl (C=O) groups excluding carboxylic acids is 1. The topological polar surface area (TPSA) is 29.5 Å². The van der Waals surface area contributed by atoms with Gasteiger partial charge in [-0.15, -0.1) is 0 Å². The van der Waals surface area contributed by atoms with Crippen LogP contribution in [0.1, 0.15) is 26.7 Å². The van der Waals surface area contributed by atoms with Crippen molar-refractivity contribution in [3.63, 3.8) is 0 Å². The molecule has 0 radical (unpaired) electrons. The Morgan fingerprint density at radius 1 is 1.40 bits per heavy atom. The zero-order chi connectivity index (χ0) is 7.82. The van der Waals surface area contributed by atoms with Gasteiger partial charge in [0.2, 0.25) is 6.41 Å². The summed E-state index contributed by atoms with van der Waals surface area (Å²) in [4.78, 5) is 14.9. The third-order valence-corrected chi connectivity index (χ3v) is 1.15. The smallest absolute Gasteiger partial charge is 0.233 e. The minimum atomic E-state index is 0.693.